The number of nitrogens with zero attached hydrogens (tertiary/aromatic N) is 2. The number of aliphatic hydroxyl groups is 1. The van der Waals surface area contributed by atoms with Crippen molar-refractivity contribution >= 4 is 5.96 Å². The molecule has 2 saturated carbocycles. The fourth-order valence-electron chi connectivity index (χ4n) is 3.33. The highest BCUT2D eigenvalue weighted by Crippen LogP contribution is 2.31. The SMILES string of the molecule is CCNC(=NCC1(O)CCC1)NC1CCN(C2CC2)CC1. The molecule has 5 heteroatoms. The second-order valence-corrected chi connectivity index (χ2v) is 6.96. The molecule has 3 rings (SSSR count). The van der Waals surface area contributed by atoms with Crippen LogP contribution in [0.15, 0.2) is 4.99 Å². The van der Waals surface area contributed by atoms with Crippen molar-refractivity contribution in [3.05, 3.63) is 0 Å². The number of likely N-dealkylation sites (tertiary alicyclic amines) is 1. The molecule has 0 aromatic heterocycles. The van der Waals surface area contributed by atoms with Crippen molar-refractivity contribution in [3.8, 4) is 0 Å². The van der Waals surface area contributed by atoms with E-state index in [1.54, 1.807) is 0 Å². The molecule has 3 fully saturated rings. The summed E-state index contributed by atoms with van der Waals surface area (Å²) in [4.78, 5) is 7.24. The maximum Gasteiger partial charge on any atom is 0.191 e. The highest BCUT2D eigenvalue weighted by Gasteiger charge is 2.34. The van der Waals surface area contributed by atoms with Crippen LogP contribution < -0.4 is 10.6 Å². The lowest BCUT2D eigenvalue weighted by Crippen LogP contribution is -2.50. The summed E-state index contributed by atoms with van der Waals surface area (Å²) in [6.45, 7) is 5.91. The maximum absolute atomic E-state index is 10.2. The van der Waals surface area contributed by atoms with Crippen molar-refractivity contribution in [2.75, 3.05) is 26.2 Å². The fraction of sp³-hybridized carbons (Fsp3) is 0.938. The van der Waals surface area contributed by atoms with E-state index in [-0.39, 0.29) is 0 Å². The van der Waals surface area contributed by atoms with E-state index in [4.69, 9.17) is 0 Å². The van der Waals surface area contributed by atoms with Gasteiger partial charge < -0.3 is 20.6 Å². The zero-order valence-corrected chi connectivity index (χ0v) is 13.3. The molecule has 2 aliphatic carbocycles. The van der Waals surface area contributed by atoms with Gasteiger partial charge in [0.05, 0.1) is 12.1 Å². The summed E-state index contributed by atoms with van der Waals surface area (Å²) >= 11 is 0. The van der Waals surface area contributed by atoms with Gasteiger partial charge in [-0.3, -0.25) is 4.99 Å². The zero-order valence-electron chi connectivity index (χ0n) is 13.3. The average molecular weight is 294 g/mol. The first-order valence-electron chi connectivity index (χ1n) is 8.70. The predicted octanol–water partition coefficient (Wildman–Crippen LogP) is 1.08. The zero-order chi connectivity index (χ0) is 14.7. The second-order valence-electron chi connectivity index (χ2n) is 6.96. The van der Waals surface area contributed by atoms with E-state index in [1.807, 2.05) is 0 Å². The molecule has 0 radical (unpaired) electrons. The number of hydrogen-bond acceptors (Lipinski definition) is 3. The molecule has 0 unspecified atom stereocenters. The van der Waals surface area contributed by atoms with E-state index in [0.717, 1.165) is 37.8 Å². The van der Waals surface area contributed by atoms with Gasteiger partial charge in [0, 0.05) is 31.7 Å². The van der Waals surface area contributed by atoms with Gasteiger partial charge in [-0.15, -0.1) is 0 Å². The molecule has 5 nitrogen and oxygen atoms in total. The summed E-state index contributed by atoms with van der Waals surface area (Å²) in [7, 11) is 0. The largest absolute Gasteiger partial charge is 0.388 e. The van der Waals surface area contributed by atoms with Crippen LogP contribution in [0.4, 0.5) is 0 Å². The molecule has 0 spiro atoms. The summed E-state index contributed by atoms with van der Waals surface area (Å²) in [6.07, 6.45) is 8.14. The first-order valence-corrected chi connectivity index (χ1v) is 8.70. The Kier molecular flexibility index (Phi) is 4.69. The Bertz CT molecular complexity index is 368. The summed E-state index contributed by atoms with van der Waals surface area (Å²) in [5.41, 5.74) is -0.530. The monoisotopic (exact) mass is 294 g/mol. The third-order valence-electron chi connectivity index (χ3n) is 5.09. The van der Waals surface area contributed by atoms with Gasteiger partial charge in [0.2, 0.25) is 0 Å². The highest BCUT2D eigenvalue weighted by molar-refractivity contribution is 5.80. The summed E-state index contributed by atoms with van der Waals surface area (Å²) in [5.74, 6) is 0.877. The van der Waals surface area contributed by atoms with Crippen LogP contribution in [0.25, 0.3) is 0 Å². The van der Waals surface area contributed by atoms with Crippen molar-refractivity contribution in [2.24, 2.45) is 4.99 Å². The van der Waals surface area contributed by atoms with Crippen LogP contribution in [0.5, 0.6) is 0 Å². The Morgan fingerprint density at radius 1 is 1.24 bits per heavy atom. The number of guanidine groups is 1. The molecule has 0 atom stereocenters. The van der Waals surface area contributed by atoms with Crippen LogP contribution in [0.2, 0.25) is 0 Å². The Labute approximate surface area is 128 Å². The van der Waals surface area contributed by atoms with E-state index >= 15 is 0 Å². The Morgan fingerprint density at radius 3 is 2.48 bits per heavy atom. The molecule has 21 heavy (non-hydrogen) atoms. The van der Waals surface area contributed by atoms with Gasteiger partial charge in [-0.1, -0.05) is 0 Å². The highest BCUT2D eigenvalue weighted by atomic mass is 16.3. The summed E-state index contributed by atoms with van der Waals surface area (Å²) in [5, 5.41) is 17.0. The molecule has 1 heterocycles. The van der Waals surface area contributed by atoms with Crippen LogP contribution in [0.1, 0.15) is 51.9 Å². The molecule has 0 aromatic carbocycles. The quantitative estimate of drug-likeness (QED) is 0.525. The van der Waals surface area contributed by atoms with Crippen molar-refractivity contribution in [1.29, 1.82) is 0 Å². The molecule has 3 N–H and O–H groups in total. The van der Waals surface area contributed by atoms with Gasteiger partial charge in [-0.25, -0.2) is 0 Å². The van der Waals surface area contributed by atoms with Crippen LogP contribution in [-0.2, 0) is 0 Å². The van der Waals surface area contributed by atoms with E-state index < -0.39 is 5.60 Å². The number of hydrogen-bond donors (Lipinski definition) is 3. The first kappa shape index (κ1) is 15.1. The Balaban J connectivity index is 1.46. The minimum atomic E-state index is -0.530. The van der Waals surface area contributed by atoms with Crippen molar-refractivity contribution < 1.29 is 5.11 Å². The van der Waals surface area contributed by atoms with Gasteiger partial charge in [-0.05, 0) is 51.9 Å². The van der Waals surface area contributed by atoms with E-state index in [1.165, 1.54) is 38.8 Å². The van der Waals surface area contributed by atoms with Gasteiger partial charge in [0.15, 0.2) is 5.96 Å². The third kappa shape index (κ3) is 4.10. The van der Waals surface area contributed by atoms with Crippen LogP contribution in [0, 0.1) is 0 Å². The fourth-order valence-corrected chi connectivity index (χ4v) is 3.33. The summed E-state index contributed by atoms with van der Waals surface area (Å²) < 4.78 is 0. The standard InChI is InChI=1S/C16H30N4O/c1-2-17-15(18-12-16(21)8-3-9-16)19-13-6-10-20(11-7-13)14-4-5-14/h13-14,21H,2-12H2,1H3,(H2,17,18,19). The van der Waals surface area contributed by atoms with Crippen LogP contribution in [-0.4, -0.2) is 59.8 Å². The molecular formula is C16H30N4O. The van der Waals surface area contributed by atoms with Gasteiger partial charge in [-0.2, -0.15) is 0 Å². The third-order valence-corrected chi connectivity index (χ3v) is 5.09. The van der Waals surface area contributed by atoms with Gasteiger partial charge in [0.25, 0.3) is 0 Å². The lowest BCUT2D eigenvalue weighted by atomic mass is 9.80. The lowest BCUT2D eigenvalue weighted by molar-refractivity contribution is -0.0236. The number of rotatable bonds is 5. The lowest BCUT2D eigenvalue weighted by Gasteiger charge is -2.36. The molecule has 0 amide bonds. The molecule has 1 aliphatic heterocycles. The minimum absolute atomic E-state index is 0.522. The molecule has 0 aromatic rings. The van der Waals surface area contributed by atoms with Crippen molar-refractivity contribution in [1.82, 2.24) is 15.5 Å². The normalized spacial score (nSPS) is 27.2. The van der Waals surface area contributed by atoms with Gasteiger partial charge >= 0.3 is 0 Å². The van der Waals surface area contributed by atoms with E-state index in [2.05, 4.69) is 27.4 Å². The van der Waals surface area contributed by atoms with E-state index in [0.29, 0.717) is 12.6 Å². The minimum Gasteiger partial charge on any atom is -0.388 e. The molecule has 1 saturated heterocycles. The Morgan fingerprint density at radius 2 is 1.95 bits per heavy atom. The topological polar surface area (TPSA) is 59.9 Å². The smallest absolute Gasteiger partial charge is 0.191 e. The van der Waals surface area contributed by atoms with Crippen LogP contribution in [0.3, 0.4) is 0 Å². The predicted molar refractivity (Wildman–Crippen MR) is 85.5 cm³/mol. The number of aliphatic imine (C=N–C) groups is 1. The summed E-state index contributed by atoms with van der Waals surface area (Å²) in [6, 6.07) is 1.41. The van der Waals surface area contributed by atoms with Crippen molar-refractivity contribution in [3.63, 3.8) is 0 Å². The van der Waals surface area contributed by atoms with Gasteiger partial charge in [0.1, 0.15) is 0 Å². The first-order chi connectivity index (χ1) is 10.2. The molecule has 3 aliphatic rings. The molecular weight excluding hydrogens is 264 g/mol. The average Bonchev–Trinajstić information content (AvgIpc) is 3.28. The maximum atomic E-state index is 10.2. The molecule has 0 bridgehead atoms. The van der Waals surface area contributed by atoms with E-state index in [9.17, 15) is 5.11 Å². The Hall–Kier alpha value is -0.810. The molecule has 120 valence electrons. The van der Waals surface area contributed by atoms with Crippen LogP contribution >= 0.6 is 0 Å². The number of piperidine rings is 1. The van der Waals surface area contributed by atoms with Crippen molar-refractivity contribution in [2.45, 2.75) is 69.6 Å². The number of nitrogens with one attached hydrogen (secondary N) is 2. The second kappa shape index (κ2) is 6.53.